The lowest BCUT2D eigenvalue weighted by atomic mass is 10.1. The van der Waals surface area contributed by atoms with Crippen molar-refractivity contribution >= 4 is 71.1 Å². The van der Waals surface area contributed by atoms with Crippen molar-refractivity contribution in [3.05, 3.63) is 82.0 Å². The predicted octanol–water partition coefficient (Wildman–Crippen LogP) is 6.83. The van der Waals surface area contributed by atoms with E-state index in [1.165, 1.54) is 0 Å². The first-order valence-electron chi connectivity index (χ1n) is 16.6. The van der Waals surface area contributed by atoms with Crippen LogP contribution in [-0.2, 0) is 0 Å². The summed E-state index contributed by atoms with van der Waals surface area (Å²) in [7, 11) is 0. The van der Waals surface area contributed by atoms with Gasteiger partial charge in [0.2, 0.25) is 0 Å². The zero-order chi connectivity index (χ0) is 35.6. The van der Waals surface area contributed by atoms with Crippen LogP contribution in [0.3, 0.4) is 0 Å². The molecule has 0 unspecified atom stereocenters. The summed E-state index contributed by atoms with van der Waals surface area (Å²) in [6, 6.07) is 19.7. The Balaban J connectivity index is 0.000000176. The van der Waals surface area contributed by atoms with E-state index in [-0.39, 0.29) is 12.6 Å². The third-order valence-electron chi connectivity index (χ3n) is 7.87. The van der Waals surface area contributed by atoms with Gasteiger partial charge in [0.25, 0.3) is 0 Å². The number of nitrogens with zero attached hydrogens (tertiary/aromatic N) is 5. The van der Waals surface area contributed by atoms with Crippen LogP contribution in [0.5, 0.6) is 11.5 Å². The summed E-state index contributed by atoms with van der Waals surface area (Å²) in [5.41, 5.74) is 5.17. The Morgan fingerprint density at radius 3 is 1.80 bits per heavy atom. The van der Waals surface area contributed by atoms with Crippen LogP contribution in [0.2, 0.25) is 0 Å². The second-order valence-electron chi connectivity index (χ2n) is 11.9. The highest BCUT2D eigenvalue weighted by molar-refractivity contribution is 9.10. The molecule has 0 saturated heterocycles. The maximum atomic E-state index is 9.30. The molecule has 4 aromatic heterocycles. The molecule has 51 heavy (non-hydrogen) atoms. The maximum absolute atomic E-state index is 9.30. The molecule has 0 aliphatic carbocycles. The average molecular weight is 838 g/mol. The summed E-state index contributed by atoms with van der Waals surface area (Å²) in [6.45, 7) is 7.79. The van der Waals surface area contributed by atoms with E-state index in [4.69, 9.17) is 9.47 Å². The fourth-order valence-corrected chi connectivity index (χ4v) is 6.56. The third kappa shape index (κ3) is 10.3. The number of amidine groups is 1. The van der Waals surface area contributed by atoms with Crippen molar-refractivity contribution in [1.82, 2.24) is 40.5 Å². The molecule has 0 radical (unpaired) electrons. The number of ether oxygens (including phenoxy) is 2. The molecule has 1 aliphatic rings. The smallest absolute Gasteiger partial charge is 0.178 e. The molecule has 0 bridgehead atoms. The van der Waals surface area contributed by atoms with Gasteiger partial charge in [0.1, 0.15) is 36.4 Å². The highest BCUT2D eigenvalue weighted by Gasteiger charge is 2.12. The lowest BCUT2D eigenvalue weighted by Gasteiger charge is -2.19. The van der Waals surface area contributed by atoms with Gasteiger partial charge in [0.05, 0.1) is 30.7 Å². The molecule has 7 rings (SSSR count). The fourth-order valence-electron chi connectivity index (χ4n) is 5.13. The molecule has 5 heterocycles. The maximum Gasteiger partial charge on any atom is 0.178 e. The van der Waals surface area contributed by atoms with Crippen molar-refractivity contribution in [3.63, 3.8) is 0 Å². The van der Waals surface area contributed by atoms with E-state index in [2.05, 4.69) is 91.2 Å². The van der Waals surface area contributed by atoms with Gasteiger partial charge in [0, 0.05) is 50.8 Å². The van der Waals surface area contributed by atoms with Gasteiger partial charge in [-0.05, 0) is 98.4 Å². The van der Waals surface area contributed by atoms with E-state index in [9.17, 15) is 5.11 Å². The largest absolute Gasteiger partial charge is 0.492 e. The Kier molecular flexibility index (Phi) is 12.9. The number of hydrogen-bond donors (Lipinski definition) is 5. The van der Waals surface area contributed by atoms with E-state index < -0.39 is 0 Å². The van der Waals surface area contributed by atoms with Gasteiger partial charge in [-0.25, -0.2) is 19.9 Å². The normalized spacial score (nSPS) is 13.3. The topological polar surface area (TPSA) is 158 Å². The van der Waals surface area contributed by atoms with Crippen LogP contribution < -0.4 is 20.1 Å². The number of nitrogens with one attached hydrogen (secondary N) is 4. The minimum Gasteiger partial charge on any atom is -0.492 e. The third-order valence-corrected chi connectivity index (χ3v) is 9.68. The Labute approximate surface area is 317 Å². The van der Waals surface area contributed by atoms with Crippen LogP contribution in [-0.4, -0.2) is 91.4 Å². The second-order valence-corrected chi connectivity index (χ2v) is 14.8. The van der Waals surface area contributed by atoms with Crippen molar-refractivity contribution in [2.75, 3.05) is 45.2 Å². The number of aliphatic imine (C=N–C) groups is 1. The summed E-state index contributed by atoms with van der Waals surface area (Å²) in [6.07, 6.45) is 3.48. The van der Waals surface area contributed by atoms with Gasteiger partial charge in [0.15, 0.2) is 16.5 Å². The Morgan fingerprint density at radius 2 is 1.33 bits per heavy atom. The minimum atomic E-state index is 0.0997. The molecule has 1 aliphatic heterocycles. The van der Waals surface area contributed by atoms with Gasteiger partial charge in [-0.3, -0.25) is 4.99 Å². The molecule has 5 N–H and O–H groups in total. The molecule has 6 aromatic rings. The van der Waals surface area contributed by atoms with Crippen molar-refractivity contribution in [2.24, 2.45) is 10.9 Å². The Morgan fingerprint density at radius 1 is 0.804 bits per heavy atom. The van der Waals surface area contributed by atoms with Gasteiger partial charge >= 0.3 is 0 Å². The lowest BCUT2D eigenvalue weighted by molar-refractivity contribution is 0.202. The number of pyridine rings is 2. The van der Waals surface area contributed by atoms with Crippen LogP contribution in [0.15, 0.2) is 87.0 Å². The molecule has 1 atom stereocenters. The number of aliphatic hydroxyl groups excluding tert-OH is 1. The summed E-state index contributed by atoms with van der Waals surface area (Å²) >= 11 is 8.59. The number of H-pyrrole nitrogens is 2. The number of aliphatic hydroxyl groups is 1. The molecule has 12 nitrogen and oxygen atoms in total. The Bertz CT molecular complexity index is 2050. The van der Waals surface area contributed by atoms with Gasteiger partial charge in [-0.1, -0.05) is 25.6 Å². The first-order chi connectivity index (χ1) is 24.8. The highest BCUT2D eigenvalue weighted by Crippen LogP contribution is 2.25. The van der Waals surface area contributed by atoms with Crippen LogP contribution >= 0.6 is 43.6 Å². The summed E-state index contributed by atoms with van der Waals surface area (Å²) in [4.78, 5) is 28.5. The van der Waals surface area contributed by atoms with E-state index in [0.29, 0.717) is 37.0 Å². The number of fused-ring (bicyclic) bond motifs is 2. The highest BCUT2D eigenvalue weighted by atomic mass is 79.9. The number of halogens is 2. The molecule has 0 spiro atoms. The van der Waals surface area contributed by atoms with Crippen molar-refractivity contribution in [1.29, 1.82) is 0 Å². The monoisotopic (exact) mass is 835 g/mol. The molecule has 0 amide bonds. The molecule has 0 saturated carbocycles. The average Bonchev–Trinajstić information content (AvgIpc) is 3.91. The molecule has 0 fully saturated rings. The van der Waals surface area contributed by atoms with Crippen LogP contribution in [0, 0.1) is 5.92 Å². The van der Waals surface area contributed by atoms with Crippen LogP contribution in [0.1, 0.15) is 13.8 Å². The number of imidazole rings is 2. The molecule has 2 aromatic carbocycles. The number of benzene rings is 2. The molecular formula is C36H39Br2N9O3S. The number of aromatic nitrogens is 6. The number of rotatable bonds is 13. The second kappa shape index (κ2) is 18.0. The van der Waals surface area contributed by atoms with Gasteiger partial charge < -0.3 is 35.2 Å². The molecule has 266 valence electrons. The van der Waals surface area contributed by atoms with E-state index in [1.807, 2.05) is 60.7 Å². The van der Waals surface area contributed by atoms with Crippen LogP contribution in [0.25, 0.3) is 45.1 Å². The minimum absolute atomic E-state index is 0.0997. The SMILES string of the molecule is Brc1cnc2nc(-c3ccc(OCCNC4=NCCS4)cc3)[nH]c2c1.CC(C)[C@@H](CO)NCCOc1ccc(-c2nc3ncc(Br)cc3[nH]2)cc1. The van der Waals surface area contributed by atoms with E-state index >= 15 is 0 Å². The summed E-state index contributed by atoms with van der Waals surface area (Å²) in [5, 5.41) is 16.9. The molecule has 15 heteroatoms. The quantitative estimate of drug-likeness (QED) is 0.0782. The van der Waals surface area contributed by atoms with Crippen LogP contribution in [0.4, 0.5) is 0 Å². The first kappa shape index (κ1) is 36.8. The number of thioether (sulfide) groups is 1. The zero-order valence-electron chi connectivity index (χ0n) is 28.2. The van der Waals surface area contributed by atoms with Gasteiger partial charge in [-0.15, -0.1) is 0 Å². The van der Waals surface area contributed by atoms with E-state index in [0.717, 1.165) is 78.3 Å². The first-order valence-corrected chi connectivity index (χ1v) is 19.2. The lowest BCUT2D eigenvalue weighted by Crippen LogP contribution is -2.39. The Hall–Kier alpha value is -4.02. The number of aromatic amines is 2. The fraction of sp³-hybridized carbons (Fsp3) is 0.306. The number of hydrogen-bond acceptors (Lipinski definition) is 11. The predicted molar refractivity (Wildman–Crippen MR) is 212 cm³/mol. The standard InChI is InChI=1S/C19H23BrN4O2.C17H16BrN5OS/c1-12(2)17(11-25)21-7-8-26-15-5-3-13(4-6-15)18-23-16-9-14(20)10-22-19(16)24-18;18-12-9-14-16(21-10-12)23-15(22-14)11-1-3-13(4-2-11)24-7-5-19-17-20-6-8-25-17/h3-6,9-10,12,17,21,25H,7-8,11H2,1-2H3,(H,22,23,24);1-4,9-10H,5-8H2,(H,19,20)(H,21,22,23)/t17-;/m1./s1. The van der Waals surface area contributed by atoms with Crippen molar-refractivity contribution in [3.8, 4) is 34.3 Å². The van der Waals surface area contributed by atoms with E-state index in [1.54, 1.807) is 24.2 Å². The molecular weight excluding hydrogens is 798 g/mol. The summed E-state index contributed by atoms with van der Waals surface area (Å²) < 4.78 is 13.3. The van der Waals surface area contributed by atoms with Crippen molar-refractivity contribution < 1.29 is 14.6 Å². The zero-order valence-corrected chi connectivity index (χ0v) is 32.2. The van der Waals surface area contributed by atoms with Crippen molar-refractivity contribution in [2.45, 2.75) is 19.9 Å². The van der Waals surface area contributed by atoms with Gasteiger partial charge in [-0.2, -0.15) is 0 Å². The summed E-state index contributed by atoms with van der Waals surface area (Å²) in [5.74, 6) is 4.67.